The van der Waals surface area contributed by atoms with E-state index in [9.17, 15) is 14.4 Å². The molecule has 9 heteroatoms. The topological polar surface area (TPSA) is 69.7 Å². The van der Waals surface area contributed by atoms with Crippen molar-refractivity contribution in [1.29, 1.82) is 0 Å². The summed E-state index contributed by atoms with van der Waals surface area (Å²) in [4.78, 5) is 39.9. The normalized spacial score (nSPS) is 18.7. The van der Waals surface area contributed by atoms with Crippen LogP contribution in [-0.2, 0) is 9.59 Å². The van der Waals surface area contributed by atoms with Crippen LogP contribution in [0.25, 0.3) is 5.57 Å². The van der Waals surface area contributed by atoms with Gasteiger partial charge in [0.25, 0.3) is 17.7 Å². The Morgan fingerprint density at radius 2 is 1.75 bits per heavy atom. The Balaban J connectivity index is 1.66. The molecule has 2 aliphatic heterocycles. The third-order valence-electron chi connectivity index (χ3n) is 4.37. The van der Waals surface area contributed by atoms with Gasteiger partial charge in [0, 0.05) is 22.6 Å². The number of rotatable bonds is 2. The molecule has 0 bridgehead atoms. The van der Waals surface area contributed by atoms with E-state index in [1.165, 1.54) is 4.90 Å². The Kier molecular flexibility index (Phi) is 4.82. The Morgan fingerprint density at radius 3 is 2.46 bits per heavy atom. The monoisotopic (exact) mass is 473 g/mol. The fraction of sp³-hybridized carbons (Fsp3) is 0.0526. The lowest BCUT2D eigenvalue weighted by atomic mass is 10.1. The van der Waals surface area contributed by atoms with Crippen LogP contribution in [0.15, 0.2) is 57.9 Å². The van der Waals surface area contributed by atoms with Crippen LogP contribution in [0.1, 0.15) is 15.9 Å². The number of carbonyl (C=O) groups is 3. The zero-order chi connectivity index (χ0) is 20.0. The van der Waals surface area contributed by atoms with E-state index in [0.29, 0.717) is 16.7 Å². The molecule has 2 aromatic carbocycles. The Labute approximate surface area is 178 Å². The number of nitrogens with one attached hydrogen (secondary N) is 1. The van der Waals surface area contributed by atoms with Gasteiger partial charge in [0.2, 0.25) is 0 Å². The summed E-state index contributed by atoms with van der Waals surface area (Å²) in [5, 5.41) is 1.01. The average molecular weight is 474 g/mol. The number of hydrogen-bond acceptors (Lipinski definition) is 5. The minimum absolute atomic E-state index is 0.165. The van der Waals surface area contributed by atoms with Crippen molar-refractivity contribution in [3.8, 4) is 0 Å². The van der Waals surface area contributed by atoms with Gasteiger partial charge in [-0.15, -0.1) is 0 Å². The molecule has 2 heterocycles. The molecular formula is C19H12BrN3O3S2. The number of anilines is 1. The maximum atomic E-state index is 13.0. The summed E-state index contributed by atoms with van der Waals surface area (Å²) in [6.07, 6.45) is 0. The van der Waals surface area contributed by atoms with Crippen molar-refractivity contribution in [3.63, 3.8) is 0 Å². The molecule has 28 heavy (non-hydrogen) atoms. The molecule has 0 radical (unpaired) electrons. The van der Waals surface area contributed by atoms with Crippen molar-refractivity contribution in [3.05, 3.63) is 69.0 Å². The third-order valence-corrected chi connectivity index (χ3v) is 6.27. The fourth-order valence-electron chi connectivity index (χ4n) is 2.97. The highest BCUT2D eigenvalue weighted by Crippen LogP contribution is 2.43. The lowest BCUT2D eigenvalue weighted by Crippen LogP contribution is -2.45. The number of para-hydroxylation sites is 1. The maximum absolute atomic E-state index is 13.0. The minimum atomic E-state index is -0.520. The van der Waals surface area contributed by atoms with Crippen LogP contribution in [0.4, 0.5) is 5.69 Å². The number of likely N-dealkylation sites (N-methyl/N-ethyl adjacent to an activating group) is 1. The van der Waals surface area contributed by atoms with E-state index in [4.69, 9.17) is 12.2 Å². The SMILES string of the molecule is CN1C(=O)/C(=C2\SC(=S)N(NC(=O)c3ccc(Br)cc3)C2=O)c2ccccc21. The molecule has 0 aromatic heterocycles. The Morgan fingerprint density at radius 1 is 1.07 bits per heavy atom. The van der Waals surface area contributed by atoms with E-state index in [0.717, 1.165) is 26.9 Å². The molecule has 2 aromatic rings. The second kappa shape index (κ2) is 7.16. The highest BCUT2D eigenvalue weighted by molar-refractivity contribution is 9.10. The van der Waals surface area contributed by atoms with Crippen molar-refractivity contribution in [2.75, 3.05) is 11.9 Å². The summed E-state index contributed by atoms with van der Waals surface area (Å²) in [5.41, 5.74) is 4.61. The first-order valence-corrected chi connectivity index (χ1v) is 10.1. The van der Waals surface area contributed by atoms with E-state index in [-0.39, 0.29) is 15.1 Å². The predicted molar refractivity (Wildman–Crippen MR) is 115 cm³/mol. The molecule has 6 nitrogen and oxygen atoms in total. The van der Waals surface area contributed by atoms with Crippen molar-refractivity contribution >= 4 is 73.2 Å². The highest BCUT2D eigenvalue weighted by Gasteiger charge is 2.41. The summed E-state index contributed by atoms with van der Waals surface area (Å²) in [6, 6.07) is 13.9. The second-order valence-corrected chi connectivity index (χ2v) is 8.60. The van der Waals surface area contributed by atoms with Gasteiger partial charge in [0.1, 0.15) is 0 Å². The summed E-state index contributed by atoms with van der Waals surface area (Å²) >= 11 is 9.59. The van der Waals surface area contributed by atoms with E-state index in [1.54, 1.807) is 43.4 Å². The first-order chi connectivity index (χ1) is 13.4. The van der Waals surface area contributed by atoms with Crippen LogP contribution < -0.4 is 10.3 Å². The molecule has 1 fully saturated rings. The fourth-order valence-corrected chi connectivity index (χ4v) is 4.49. The number of amides is 3. The van der Waals surface area contributed by atoms with Crippen molar-refractivity contribution in [2.24, 2.45) is 0 Å². The molecule has 1 N–H and O–H groups in total. The Hall–Kier alpha value is -2.49. The van der Waals surface area contributed by atoms with E-state index < -0.39 is 11.8 Å². The number of carbonyl (C=O) groups excluding carboxylic acids is 3. The van der Waals surface area contributed by atoms with Crippen LogP contribution in [0, 0.1) is 0 Å². The highest BCUT2D eigenvalue weighted by atomic mass is 79.9. The predicted octanol–water partition coefficient (Wildman–Crippen LogP) is 3.34. The van der Waals surface area contributed by atoms with Gasteiger partial charge in [0.05, 0.1) is 16.2 Å². The van der Waals surface area contributed by atoms with E-state index >= 15 is 0 Å². The molecule has 3 amide bonds. The van der Waals surface area contributed by atoms with Gasteiger partial charge < -0.3 is 4.90 Å². The first-order valence-electron chi connectivity index (χ1n) is 8.13. The van der Waals surface area contributed by atoms with Gasteiger partial charge >= 0.3 is 0 Å². The molecule has 1 saturated heterocycles. The number of benzene rings is 2. The zero-order valence-corrected chi connectivity index (χ0v) is 17.7. The third kappa shape index (κ3) is 3.05. The van der Waals surface area contributed by atoms with Gasteiger partial charge in [-0.05, 0) is 42.5 Å². The molecule has 0 saturated carbocycles. The smallest absolute Gasteiger partial charge is 0.286 e. The van der Waals surface area contributed by atoms with Crippen LogP contribution in [-0.4, -0.2) is 34.1 Å². The summed E-state index contributed by atoms with van der Waals surface area (Å²) in [5.74, 6) is -1.26. The largest absolute Gasteiger partial charge is 0.311 e. The summed E-state index contributed by atoms with van der Waals surface area (Å²) in [7, 11) is 1.66. The van der Waals surface area contributed by atoms with E-state index in [2.05, 4.69) is 21.4 Å². The number of thioether (sulfide) groups is 1. The number of hydrazine groups is 1. The molecule has 0 unspecified atom stereocenters. The van der Waals surface area contributed by atoms with Crippen LogP contribution in [0.3, 0.4) is 0 Å². The van der Waals surface area contributed by atoms with Crippen LogP contribution in [0.5, 0.6) is 0 Å². The van der Waals surface area contributed by atoms with Gasteiger partial charge in [-0.1, -0.05) is 45.9 Å². The number of halogens is 1. The van der Waals surface area contributed by atoms with Gasteiger partial charge in [0.15, 0.2) is 4.32 Å². The molecule has 4 rings (SSSR count). The summed E-state index contributed by atoms with van der Waals surface area (Å²) in [6.45, 7) is 0. The van der Waals surface area contributed by atoms with Gasteiger partial charge in [-0.25, -0.2) is 0 Å². The van der Waals surface area contributed by atoms with E-state index in [1.807, 2.05) is 12.1 Å². The van der Waals surface area contributed by atoms with Crippen LogP contribution >= 0.6 is 39.9 Å². The lowest BCUT2D eigenvalue weighted by molar-refractivity contribution is -0.124. The first kappa shape index (κ1) is 18.9. The standard InChI is InChI=1S/C19H12BrN3O3S2/c1-22-13-5-3-2-4-12(13)14(17(22)25)15-18(26)23(19(27)28-15)21-16(24)10-6-8-11(20)9-7-10/h2-9H,1H3,(H,21,24)/b15-14-. The van der Waals surface area contributed by atoms with Gasteiger partial charge in [-0.3, -0.25) is 19.8 Å². The number of thiocarbonyl (C=S) groups is 1. The molecule has 2 aliphatic rings. The zero-order valence-electron chi connectivity index (χ0n) is 14.4. The number of nitrogens with zero attached hydrogens (tertiary/aromatic N) is 2. The Bertz CT molecular complexity index is 1080. The average Bonchev–Trinajstić information content (AvgIpc) is 3.10. The van der Waals surface area contributed by atoms with Crippen molar-refractivity contribution < 1.29 is 14.4 Å². The molecule has 140 valence electrons. The molecular weight excluding hydrogens is 462 g/mol. The molecule has 0 spiro atoms. The van der Waals surface area contributed by atoms with Crippen molar-refractivity contribution in [1.82, 2.24) is 10.4 Å². The minimum Gasteiger partial charge on any atom is -0.311 e. The lowest BCUT2D eigenvalue weighted by Gasteiger charge is -2.15. The van der Waals surface area contributed by atoms with Gasteiger partial charge in [-0.2, -0.15) is 5.01 Å². The quantitative estimate of drug-likeness (QED) is 0.534. The maximum Gasteiger partial charge on any atom is 0.286 e. The molecule has 0 aliphatic carbocycles. The van der Waals surface area contributed by atoms with Crippen LogP contribution in [0.2, 0.25) is 0 Å². The number of fused-ring (bicyclic) bond motifs is 1. The van der Waals surface area contributed by atoms with Crippen molar-refractivity contribution in [2.45, 2.75) is 0 Å². The molecule has 0 atom stereocenters. The number of hydrogen-bond donors (Lipinski definition) is 1. The summed E-state index contributed by atoms with van der Waals surface area (Å²) < 4.78 is 1.000. The second-order valence-electron chi connectivity index (χ2n) is 6.04.